The maximum Gasteiger partial charge on any atom is 0.304 e. The molecule has 0 aliphatic rings. The molecule has 6 nitrogen and oxygen atoms in total. The van der Waals surface area contributed by atoms with Gasteiger partial charge in [0.05, 0.1) is 6.42 Å². The van der Waals surface area contributed by atoms with Gasteiger partial charge in [0, 0.05) is 24.1 Å². The van der Waals surface area contributed by atoms with Crippen LogP contribution in [0.25, 0.3) is 10.1 Å². The second-order valence-corrected chi connectivity index (χ2v) is 7.97. The highest BCUT2D eigenvalue weighted by Gasteiger charge is 2.28. The summed E-state index contributed by atoms with van der Waals surface area (Å²) in [6.45, 7) is 3.88. The van der Waals surface area contributed by atoms with Crippen molar-refractivity contribution in [2.75, 3.05) is 7.05 Å². The molecule has 0 unspecified atom stereocenters. The van der Waals surface area contributed by atoms with Crippen molar-refractivity contribution in [2.24, 2.45) is 11.8 Å². The zero-order valence-corrected chi connectivity index (χ0v) is 16.6. The number of carboxylic acid groups (broad SMARTS) is 1. The molecule has 0 aliphatic carbocycles. The van der Waals surface area contributed by atoms with Crippen molar-refractivity contribution in [3.8, 4) is 0 Å². The molecule has 7 heteroatoms. The second-order valence-electron chi connectivity index (χ2n) is 7.06. The molecule has 0 radical (unpaired) electrons. The molecule has 0 saturated carbocycles. The Balaban J connectivity index is 2.19. The van der Waals surface area contributed by atoms with Gasteiger partial charge >= 0.3 is 5.97 Å². The topological polar surface area (TPSA) is 95.5 Å². The fourth-order valence-corrected chi connectivity index (χ4v) is 4.12. The first kappa shape index (κ1) is 20.9. The average Bonchev–Trinajstić information content (AvgIpc) is 3.02. The molecule has 3 N–H and O–H groups in total. The summed E-state index contributed by atoms with van der Waals surface area (Å²) in [7, 11) is 1.52. The van der Waals surface area contributed by atoms with Gasteiger partial charge in [-0.1, -0.05) is 32.0 Å². The van der Waals surface area contributed by atoms with Crippen LogP contribution in [-0.4, -0.2) is 36.0 Å². The molecule has 0 fully saturated rings. The van der Waals surface area contributed by atoms with Crippen LogP contribution in [0.2, 0.25) is 0 Å². The number of aliphatic carboxylic acids is 1. The Bertz CT molecular complexity index is 815. The number of fused-ring (bicyclic) bond motifs is 1. The van der Waals surface area contributed by atoms with Gasteiger partial charge in [0.1, 0.15) is 6.04 Å². The lowest BCUT2D eigenvalue weighted by atomic mass is 9.92. The van der Waals surface area contributed by atoms with Gasteiger partial charge in [0.15, 0.2) is 0 Å². The fourth-order valence-electron chi connectivity index (χ4n) is 3.15. The molecular formula is C20H26N2O4S. The number of nitrogens with one attached hydrogen (secondary N) is 2. The highest BCUT2D eigenvalue weighted by atomic mass is 32.1. The predicted octanol–water partition coefficient (Wildman–Crippen LogP) is 2.81. The summed E-state index contributed by atoms with van der Waals surface area (Å²) in [5.74, 6) is -2.18. The van der Waals surface area contributed by atoms with E-state index in [1.54, 1.807) is 11.3 Å². The molecule has 27 heavy (non-hydrogen) atoms. The second kappa shape index (κ2) is 9.50. The third-order valence-corrected chi connectivity index (χ3v) is 5.42. The Kier molecular flexibility index (Phi) is 7.36. The Hall–Kier alpha value is -2.41. The van der Waals surface area contributed by atoms with Gasteiger partial charge in [0.2, 0.25) is 11.8 Å². The number of amides is 2. The van der Waals surface area contributed by atoms with Crippen LogP contribution in [0.1, 0.15) is 32.3 Å². The zero-order valence-electron chi connectivity index (χ0n) is 15.8. The van der Waals surface area contributed by atoms with Crippen LogP contribution in [0.5, 0.6) is 0 Å². The molecule has 1 aromatic carbocycles. The van der Waals surface area contributed by atoms with Gasteiger partial charge in [0.25, 0.3) is 0 Å². The van der Waals surface area contributed by atoms with Crippen LogP contribution in [0.15, 0.2) is 29.6 Å². The molecule has 0 saturated heterocycles. The maximum absolute atomic E-state index is 12.7. The van der Waals surface area contributed by atoms with Crippen molar-refractivity contribution in [1.29, 1.82) is 0 Å². The van der Waals surface area contributed by atoms with Crippen LogP contribution in [0, 0.1) is 11.8 Å². The van der Waals surface area contributed by atoms with E-state index in [2.05, 4.69) is 10.6 Å². The third kappa shape index (κ3) is 5.79. The molecule has 0 spiro atoms. The quantitative estimate of drug-likeness (QED) is 0.613. The van der Waals surface area contributed by atoms with Gasteiger partial charge in [-0.3, -0.25) is 14.4 Å². The lowest BCUT2D eigenvalue weighted by molar-refractivity contribution is -0.141. The van der Waals surface area contributed by atoms with Crippen molar-refractivity contribution in [3.05, 3.63) is 35.2 Å². The summed E-state index contributed by atoms with van der Waals surface area (Å²) in [4.78, 5) is 36.1. The van der Waals surface area contributed by atoms with Crippen LogP contribution in [0.3, 0.4) is 0 Å². The lowest BCUT2D eigenvalue weighted by Gasteiger charge is -2.22. The number of hydrogen-bond donors (Lipinski definition) is 3. The van der Waals surface area contributed by atoms with E-state index in [1.807, 2.05) is 43.5 Å². The van der Waals surface area contributed by atoms with Gasteiger partial charge in [-0.05, 0) is 34.7 Å². The first-order valence-corrected chi connectivity index (χ1v) is 9.88. The third-order valence-electron chi connectivity index (χ3n) is 4.41. The molecule has 0 bridgehead atoms. The van der Waals surface area contributed by atoms with E-state index in [-0.39, 0.29) is 24.2 Å². The first-order valence-electron chi connectivity index (χ1n) is 9.00. The minimum absolute atomic E-state index is 0.180. The van der Waals surface area contributed by atoms with Crippen LogP contribution < -0.4 is 10.6 Å². The summed E-state index contributed by atoms with van der Waals surface area (Å²) in [6, 6.07) is 7.17. The van der Waals surface area contributed by atoms with E-state index in [0.29, 0.717) is 12.8 Å². The molecule has 146 valence electrons. The van der Waals surface area contributed by atoms with Crippen molar-refractivity contribution in [1.82, 2.24) is 10.6 Å². The number of benzene rings is 1. The van der Waals surface area contributed by atoms with Crippen LogP contribution in [-0.2, 0) is 20.8 Å². The summed E-state index contributed by atoms with van der Waals surface area (Å²) >= 11 is 1.60. The molecule has 2 amide bonds. The fraction of sp³-hybridized carbons (Fsp3) is 0.450. The minimum Gasteiger partial charge on any atom is -0.481 e. The van der Waals surface area contributed by atoms with E-state index in [0.717, 1.165) is 15.6 Å². The van der Waals surface area contributed by atoms with E-state index in [4.69, 9.17) is 5.11 Å². The van der Waals surface area contributed by atoms with E-state index < -0.39 is 17.9 Å². The molecular weight excluding hydrogens is 364 g/mol. The average molecular weight is 391 g/mol. The van der Waals surface area contributed by atoms with Gasteiger partial charge in [-0.25, -0.2) is 0 Å². The minimum atomic E-state index is -1.02. The maximum atomic E-state index is 12.7. The summed E-state index contributed by atoms with van der Waals surface area (Å²) in [6.07, 6.45) is 0.572. The van der Waals surface area contributed by atoms with Crippen LogP contribution >= 0.6 is 11.3 Å². The Morgan fingerprint density at radius 1 is 1.15 bits per heavy atom. The zero-order chi connectivity index (χ0) is 20.0. The normalized spacial score (nSPS) is 13.3. The van der Waals surface area contributed by atoms with Crippen molar-refractivity contribution in [3.63, 3.8) is 0 Å². The SMILES string of the molecule is CNC(=O)[C@@H](Cc1csc2ccccc12)NC(=O)[C@@H](CC(=O)O)CC(C)C. The monoisotopic (exact) mass is 390 g/mol. The molecule has 2 aromatic rings. The molecule has 0 aliphatic heterocycles. The molecule has 2 rings (SSSR count). The summed E-state index contributed by atoms with van der Waals surface area (Å²) < 4.78 is 1.12. The smallest absolute Gasteiger partial charge is 0.304 e. The van der Waals surface area contributed by atoms with Crippen LogP contribution in [0.4, 0.5) is 0 Å². The van der Waals surface area contributed by atoms with Crippen molar-refractivity contribution < 1.29 is 19.5 Å². The largest absolute Gasteiger partial charge is 0.481 e. The number of likely N-dealkylation sites (N-methyl/N-ethyl adjacent to an activating group) is 1. The van der Waals surface area contributed by atoms with Gasteiger partial charge < -0.3 is 15.7 Å². The van der Waals surface area contributed by atoms with Gasteiger partial charge in [-0.2, -0.15) is 0 Å². The first-order chi connectivity index (χ1) is 12.8. The van der Waals surface area contributed by atoms with E-state index in [9.17, 15) is 14.4 Å². The Morgan fingerprint density at radius 2 is 1.85 bits per heavy atom. The predicted molar refractivity (Wildman–Crippen MR) is 107 cm³/mol. The highest BCUT2D eigenvalue weighted by molar-refractivity contribution is 7.17. The number of carbonyl (C=O) groups excluding carboxylic acids is 2. The number of carbonyl (C=O) groups is 3. The Labute approximate surface area is 163 Å². The van der Waals surface area contributed by atoms with E-state index >= 15 is 0 Å². The standard InChI is InChI=1S/C20H26N2O4S/c1-12(2)8-13(10-18(23)24)19(25)22-16(20(26)21-3)9-14-11-27-17-7-5-4-6-15(14)17/h4-7,11-13,16H,8-10H2,1-3H3,(H,21,26)(H,22,25)(H,23,24)/t13-,16-/m1/s1. The highest BCUT2D eigenvalue weighted by Crippen LogP contribution is 2.26. The van der Waals surface area contributed by atoms with Crippen molar-refractivity contribution in [2.45, 2.75) is 39.2 Å². The molecule has 2 atom stereocenters. The lowest BCUT2D eigenvalue weighted by Crippen LogP contribution is -2.49. The molecule has 1 aromatic heterocycles. The Morgan fingerprint density at radius 3 is 2.48 bits per heavy atom. The number of carboxylic acids is 1. The van der Waals surface area contributed by atoms with E-state index in [1.165, 1.54) is 7.05 Å². The van der Waals surface area contributed by atoms with Crippen molar-refractivity contribution >= 4 is 39.2 Å². The van der Waals surface area contributed by atoms with Gasteiger partial charge in [-0.15, -0.1) is 11.3 Å². The number of rotatable bonds is 9. The number of thiophene rings is 1. The number of hydrogen-bond acceptors (Lipinski definition) is 4. The summed E-state index contributed by atoms with van der Waals surface area (Å²) in [5.41, 5.74) is 0.989. The summed E-state index contributed by atoms with van der Waals surface area (Å²) in [5, 5.41) is 17.5. The molecule has 1 heterocycles.